The first-order chi connectivity index (χ1) is 19.2. The molecule has 1 fully saturated rings. The van der Waals surface area contributed by atoms with E-state index >= 15 is 0 Å². The summed E-state index contributed by atoms with van der Waals surface area (Å²) in [6.45, 7) is 5.65. The summed E-state index contributed by atoms with van der Waals surface area (Å²) in [5, 5.41) is 6.38. The molecule has 8 nitrogen and oxygen atoms in total. The zero-order chi connectivity index (χ0) is 28.3. The van der Waals surface area contributed by atoms with Gasteiger partial charge in [-0.25, -0.2) is 15.2 Å². The summed E-state index contributed by atoms with van der Waals surface area (Å²) in [6, 6.07) is 16.5. The van der Waals surface area contributed by atoms with E-state index in [4.69, 9.17) is 37.5 Å². The Balaban J connectivity index is 1.21. The highest BCUT2D eigenvalue weighted by Gasteiger charge is 2.48. The van der Waals surface area contributed by atoms with Crippen molar-refractivity contribution in [2.75, 3.05) is 40.3 Å². The minimum Gasteiger partial charge on any atom is -0.471 e. The van der Waals surface area contributed by atoms with Gasteiger partial charge in [0.25, 0.3) is 0 Å². The van der Waals surface area contributed by atoms with E-state index in [2.05, 4.69) is 61.6 Å². The summed E-state index contributed by atoms with van der Waals surface area (Å²) in [4.78, 5) is 7.00. The van der Waals surface area contributed by atoms with Crippen LogP contribution >= 0.6 is 11.6 Å². The van der Waals surface area contributed by atoms with E-state index in [0.717, 1.165) is 61.3 Å². The maximum atomic E-state index is 6.82. The number of rotatable bonds is 10. The normalized spacial score (nSPS) is 23.8. The molecule has 1 saturated heterocycles. The topological polar surface area (TPSA) is 98.7 Å². The van der Waals surface area contributed by atoms with E-state index in [1.54, 1.807) is 0 Å². The SMILES string of the molecule is CCCCc1cc2ccccc2c(OCC[N+](C)(C)CC2OC(N)(N3CCCc4c(Cl)cccc4C3)NC2N)n1. The highest BCUT2D eigenvalue weighted by atomic mass is 35.5. The molecule has 3 heterocycles. The van der Waals surface area contributed by atoms with Crippen LogP contribution in [0, 0.1) is 0 Å². The van der Waals surface area contributed by atoms with Crippen LogP contribution in [0.15, 0.2) is 48.5 Å². The molecule has 9 heteroatoms. The number of likely N-dealkylation sites (N-methyl/N-ethyl adjacent to an activating group) is 1. The van der Waals surface area contributed by atoms with Gasteiger partial charge in [-0.15, -0.1) is 0 Å². The molecule has 0 bridgehead atoms. The molecule has 0 aliphatic carbocycles. The summed E-state index contributed by atoms with van der Waals surface area (Å²) in [5.41, 5.74) is 16.8. The number of ether oxygens (including phenoxy) is 2. The first-order valence-electron chi connectivity index (χ1n) is 14.5. The molecule has 40 heavy (non-hydrogen) atoms. The number of unbranched alkanes of at least 4 members (excludes halogenated alkanes) is 1. The average molecular weight is 568 g/mol. The molecule has 3 aromatic rings. The molecule has 1 aromatic heterocycles. The number of fused-ring (bicyclic) bond motifs is 2. The van der Waals surface area contributed by atoms with E-state index in [1.165, 1.54) is 16.5 Å². The standard InChI is InChI=1S/C31H44ClN6O2/c1-4-5-12-24-19-22-10-6-7-13-26(22)30(35-24)39-18-17-38(2,3)21-28-29(33)36-31(34,40-28)37-16-9-14-25-23(20-37)11-8-15-27(25)32/h6-8,10-11,13,15,19,28-29,36H,4-5,9,12,14,16-18,20-21,33-34H2,1-3H3/q+1. The first-order valence-corrected chi connectivity index (χ1v) is 14.9. The van der Waals surface area contributed by atoms with Crippen LogP contribution in [0.2, 0.25) is 5.02 Å². The lowest BCUT2D eigenvalue weighted by Crippen LogP contribution is -2.65. The fourth-order valence-electron chi connectivity index (χ4n) is 5.82. The molecule has 5 N–H and O–H groups in total. The van der Waals surface area contributed by atoms with Gasteiger partial charge in [0, 0.05) is 29.2 Å². The lowest BCUT2D eigenvalue weighted by molar-refractivity contribution is -0.893. The van der Waals surface area contributed by atoms with E-state index in [0.29, 0.717) is 30.1 Å². The van der Waals surface area contributed by atoms with Crippen LogP contribution in [0.3, 0.4) is 0 Å². The summed E-state index contributed by atoms with van der Waals surface area (Å²) in [7, 11) is 4.34. The number of quaternary nitrogens is 1. The van der Waals surface area contributed by atoms with E-state index in [-0.39, 0.29) is 12.3 Å². The van der Waals surface area contributed by atoms with Crippen LogP contribution in [-0.4, -0.2) is 72.9 Å². The number of hydrogen-bond donors (Lipinski definition) is 3. The van der Waals surface area contributed by atoms with Crippen molar-refractivity contribution in [3.05, 3.63) is 70.4 Å². The molecule has 216 valence electrons. The molecule has 2 aromatic carbocycles. The molecule has 3 atom stereocenters. The number of pyridine rings is 1. The fraction of sp³-hybridized carbons (Fsp3) is 0.516. The summed E-state index contributed by atoms with van der Waals surface area (Å²) in [5.74, 6) is -0.422. The molecule has 0 amide bonds. The van der Waals surface area contributed by atoms with Crippen LogP contribution in [0.1, 0.15) is 43.0 Å². The van der Waals surface area contributed by atoms with Gasteiger partial charge in [0.1, 0.15) is 25.8 Å². The van der Waals surface area contributed by atoms with Crippen molar-refractivity contribution < 1.29 is 14.0 Å². The lowest BCUT2D eigenvalue weighted by atomic mass is 10.0. The largest absolute Gasteiger partial charge is 0.471 e. The Bertz CT molecular complexity index is 1320. The number of nitrogens with one attached hydrogen (secondary N) is 1. The predicted octanol–water partition coefficient (Wildman–Crippen LogP) is 3.98. The smallest absolute Gasteiger partial charge is 0.237 e. The van der Waals surface area contributed by atoms with E-state index in [1.807, 2.05) is 18.2 Å². The van der Waals surface area contributed by atoms with Crippen molar-refractivity contribution in [1.82, 2.24) is 15.2 Å². The van der Waals surface area contributed by atoms with Gasteiger partial charge in [-0.3, -0.25) is 5.73 Å². The second-order valence-corrected chi connectivity index (χ2v) is 12.3. The Kier molecular flexibility index (Phi) is 8.97. The zero-order valence-electron chi connectivity index (χ0n) is 24.0. The van der Waals surface area contributed by atoms with Gasteiger partial charge in [-0.1, -0.05) is 55.3 Å². The Morgan fingerprint density at radius 1 is 1.23 bits per heavy atom. The van der Waals surface area contributed by atoms with Crippen molar-refractivity contribution in [2.24, 2.45) is 11.5 Å². The molecule has 2 aliphatic rings. The average Bonchev–Trinajstić information content (AvgIpc) is 3.07. The van der Waals surface area contributed by atoms with Gasteiger partial charge >= 0.3 is 0 Å². The molecule has 5 rings (SSSR count). The summed E-state index contributed by atoms with van der Waals surface area (Å²) < 4.78 is 13.4. The highest BCUT2D eigenvalue weighted by molar-refractivity contribution is 6.31. The Morgan fingerprint density at radius 3 is 2.88 bits per heavy atom. The van der Waals surface area contributed by atoms with Crippen molar-refractivity contribution in [2.45, 2.75) is 63.8 Å². The summed E-state index contributed by atoms with van der Waals surface area (Å²) >= 11 is 6.48. The Morgan fingerprint density at radius 2 is 2.05 bits per heavy atom. The maximum Gasteiger partial charge on any atom is 0.237 e. The van der Waals surface area contributed by atoms with Crippen LogP contribution in [0.5, 0.6) is 5.88 Å². The van der Waals surface area contributed by atoms with Crippen LogP contribution in [0.4, 0.5) is 0 Å². The van der Waals surface area contributed by atoms with Gasteiger partial charge < -0.3 is 19.7 Å². The van der Waals surface area contributed by atoms with Crippen LogP contribution < -0.4 is 21.5 Å². The van der Waals surface area contributed by atoms with Gasteiger partial charge in [0.15, 0.2) is 0 Å². The fourth-order valence-corrected chi connectivity index (χ4v) is 6.11. The van der Waals surface area contributed by atoms with Crippen molar-refractivity contribution >= 4 is 22.4 Å². The number of halogens is 1. The van der Waals surface area contributed by atoms with Crippen molar-refractivity contribution in [3.8, 4) is 5.88 Å². The van der Waals surface area contributed by atoms with Gasteiger partial charge in [0.05, 0.1) is 20.3 Å². The Hall–Kier alpha value is -2.30. The van der Waals surface area contributed by atoms with E-state index in [9.17, 15) is 0 Å². The number of aromatic nitrogens is 1. The molecule has 2 aliphatic heterocycles. The zero-order valence-corrected chi connectivity index (χ0v) is 24.8. The minimum atomic E-state index is -1.13. The number of nitrogens with zero attached hydrogens (tertiary/aromatic N) is 3. The van der Waals surface area contributed by atoms with Gasteiger partial charge in [-0.2, -0.15) is 0 Å². The molecule has 0 radical (unpaired) electrons. The van der Waals surface area contributed by atoms with Gasteiger partial charge in [0.2, 0.25) is 11.9 Å². The van der Waals surface area contributed by atoms with Gasteiger partial charge in [-0.05, 0) is 60.4 Å². The first kappa shape index (κ1) is 29.2. The van der Waals surface area contributed by atoms with E-state index < -0.39 is 5.97 Å². The summed E-state index contributed by atoms with van der Waals surface area (Å²) in [6.07, 6.45) is 4.45. The third kappa shape index (κ3) is 6.60. The molecule has 0 spiro atoms. The third-order valence-corrected chi connectivity index (χ3v) is 8.52. The predicted molar refractivity (Wildman–Crippen MR) is 161 cm³/mol. The Labute approximate surface area is 243 Å². The molecular weight excluding hydrogens is 524 g/mol. The molecule has 3 unspecified atom stereocenters. The maximum absolute atomic E-state index is 6.82. The molecule has 0 saturated carbocycles. The lowest BCUT2D eigenvalue weighted by Gasteiger charge is -2.37. The number of benzene rings is 2. The monoisotopic (exact) mass is 567 g/mol. The second-order valence-electron chi connectivity index (χ2n) is 11.9. The van der Waals surface area contributed by atoms with Crippen molar-refractivity contribution in [1.29, 1.82) is 0 Å². The highest BCUT2D eigenvalue weighted by Crippen LogP contribution is 2.30. The minimum absolute atomic E-state index is 0.251. The molecular formula is C31H44ClN6O2+. The van der Waals surface area contributed by atoms with Crippen molar-refractivity contribution in [3.63, 3.8) is 0 Å². The second kappa shape index (κ2) is 12.3. The number of aryl methyl sites for hydroxylation is 1. The number of nitrogens with two attached hydrogens (primary N) is 2. The number of hydrogen-bond acceptors (Lipinski definition) is 7. The van der Waals surface area contributed by atoms with Crippen LogP contribution in [-0.2, 0) is 24.1 Å². The quantitative estimate of drug-likeness (QED) is 0.319. The third-order valence-electron chi connectivity index (χ3n) is 8.16. The van der Waals surface area contributed by atoms with Crippen LogP contribution in [0.25, 0.3) is 10.8 Å².